The summed E-state index contributed by atoms with van der Waals surface area (Å²) in [5, 5.41) is 33.2. The molecule has 0 heterocycles. The fourth-order valence-electron chi connectivity index (χ4n) is 8.01. The van der Waals surface area contributed by atoms with Crippen molar-refractivity contribution >= 4 is 59.1 Å². The van der Waals surface area contributed by atoms with Crippen molar-refractivity contribution in [2.75, 3.05) is 26.2 Å². The molecule has 0 bridgehead atoms. The fourth-order valence-corrected chi connectivity index (χ4v) is 8.01. The molecule has 0 aromatic heterocycles. The molecule has 25 nitrogen and oxygen atoms in total. The van der Waals surface area contributed by atoms with Crippen LogP contribution in [0.4, 0.5) is 0 Å². The van der Waals surface area contributed by atoms with Crippen LogP contribution in [-0.2, 0) is 60.8 Å². The van der Waals surface area contributed by atoms with Gasteiger partial charge >= 0.3 is 5.97 Å². The van der Waals surface area contributed by atoms with Gasteiger partial charge in [-0.05, 0) is 136 Å². The zero-order valence-electron chi connectivity index (χ0n) is 46.2. The second-order valence-electron chi connectivity index (χ2n) is 19.7. The summed E-state index contributed by atoms with van der Waals surface area (Å²) >= 11 is 0. The second kappa shape index (κ2) is 37.7. The lowest BCUT2D eigenvalue weighted by Crippen LogP contribution is -2.59. The molecule has 10 atom stereocenters. The number of carbonyl (C=O) groups excluding carboxylic acids is 9. The fraction of sp³-hybridized carbons (Fsp3) is 0.593. The van der Waals surface area contributed by atoms with Crippen LogP contribution in [0.25, 0.3) is 0 Å². The van der Waals surface area contributed by atoms with Gasteiger partial charge in [-0.15, -0.1) is 0 Å². The van der Waals surface area contributed by atoms with Crippen LogP contribution in [0.2, 0.25) is 0 Å². The first-order chi connectivity index (χ1) is 37.6. The molecule has 0 aliphatic heterocycles. The Balaban J connectivity index is 2.13. The number of aliphatic carboxylic acids is 1. The average Bonchev–Trinajstić information content (AvgIpc) is 3.42. The van der Waals surface area contributed by atoms with Crippen molar-refractivity contribution in [3.8, 4) is 0 Å². The van der Waals surface area contributed by atoms with Crippen molar-refractivity contribution < 1.29 is 53.1 Å². The number of hydrogen-bond acceptors (Lipinski definition) is 15. The van der Waals surface area contributed by atoms with Gasteiger partial charge in [0.2, 0.25) is 53.2 Å². The molecule has 0 aliphatic carbocycles. The molecule has 0 spiro atoms. The highest BCUT2D eigenvalue weighted by Crippen LogP contribution is 2.10. The summed E-state index contributed by atoms with van der Waals surface area (Å²) in [5.74, 6) is -7.80. The average molecular weight is 1110 g/mol. The van der Waals surface area contributed by atoms with Crippen LogP contribution in [0.3, 0.4) is 0 Å². The Morgan fingerprint density at radius 2 is 0.620 bits per heavy atom. The van der Waals surface area contributed by atoms with Crippen molar-refractivity contribution in [3.05, 3.63) is 71.8 Å². The number of nitrogens with two attached hydrogens (primary N) is 5. The van der Waals surface area contributed by atoms with E-state index in [1.807, 2.05) is 0 Å². The standard InChI is InChI=1S/C54H88N14O11/c1-33(61-50(74)40(24-12-16-28-56)65-47(71)35(3)63-52(76)43(31-37-19-7-5-8-20-37)68-49(73)39(59)23-11-15-27-55)45(69)60-34(2)46(70)64-41(25-13-17-29-57)51(75)62-36(4)48(72)67-44(32-38-21-9-6-10-22-38)53(77)66-42(54(78)79)26-14-18-30-58/h5-10,19-22,33-36,39-44H,11-18,23-32,55-59H2,1-4H3,(H,60,69)(H,61,74)(H,62,75)(H,63,76)(H,64,70)(H,65,71)(H,66,77)(H,67,72)(H,68,73)(H,78,79)/t33-,34-,35-,36-,39-,40-,41-,42-,43-,44-/m0/s1. The number of carbonyl (C=O) groups is 10. The van der Waals surface area contributed by atoms with Gasteiger partial charge in [0, 0.05) is 12.8 Å². The van der Waals surface area contributed by atoms with Crippen molar-refractivity contribution in [3.63, 3.8) is 0 Å². The van der Waals surface area contributed by atoms with E-state index in [4.69, 9.17) is 28.7 Å². The highest BCUT2D eigenvalue weighted by molar-refractivity contribution is 5.98. The Labute approximate surface area is 463 Å². The Hall–Kier alpha value is -7.06. The third-order valence-corrected chi connectivity index (χ3v) is 12.9. The minimum Gasteiger partial charge on any atom is -0.480 e. The molecule has 0 radical (unpaired) electrons. The molecule has 79 heavy (non-hydrogen) atoms. The summed E-state index contributed by atoms with van der Waals surface area (Å²) in [4.78, 5) is 134. The van der Waals surface area contributed by atoms with Gasteiger partial charge in [0.15, 0.2) is 0 Å². The Morgan fingerprint density at radius 3 is 0.975 bits per heavy atom. The van der Waals surface area contributed by atoms with E-state index >= 15 is 0 Å². The highest BCUT2D eigenvalue weighted by atomic mass is 16.4. The summed E-state index contributed by atoms with van der Waals surface area (Å²) in [6.07, 6.45) is 4.83. The van der Waals surface area contributed by atoms with E-state index in [2.05, 4.69) is 47.9 Å². The lowest BCUT2D eigenvalue weighted by Gasteiger charge is -2.26. The topological polar surface area (TPSA) is 429 Å². The largest absolute Gasteiger partial charge is 0.480 e. The lowest BCUT2D eigenvalue weighted by atomic mass is 10.0. The minimum atomic E-state index is -1.26. The van der Waals surface area contributed by atoms with E-state index in [1.54, 1.807) is 60.7 Å². The van der Waals surface area contributed by atoms with E-state index in [9.17, 15) is 53.1 Å². The van der Waals surface area contributed by atoms with Crippen LogP contribution in [0.15, 0.2) is 60.7 Å². The first-order valence-electron chi connectivity index (χ1n) is 27.3. The van der Waals surface area contributed by atoms with E-state index in [1.165, 1.54) is 27.7 Å². The summed E-state index contributed by atoms with van der Waals surface area (Å²) in [6.45, 7) is 6.88. The number of unbranched alkanes of at least 4 members (excludes halogenated alkanes) is 4. The maximum atomic E-state index is 13.7. The number of carboxylic acids is 1. The summed E-state index contributed by atoms with van der Waals surface area (Å²) < 4.78 is 0. The van der Waals surface area contributed by atoms with Crippen molar-refractivity contribution in [2.45, 2.75) is 178 Å². The molecule has 25 heteroatoms. The van der Waals surface area contributed by atoms with Crippen molar-refractivity contribution in [2.24, 2.45) is 28.7 Å². The molecule has 0 unspecified atom stereocenters. The van der Waals surface area contributed by atoms with Gasteiger partial charge in [0.1, 0.15) is 54.4 Å². The smallest absolute Gasteiger partial charge is 0.326 e. The molecular weight excluding hydrogens is 1020 g/mol. The van der Waals surface area contributed by atoms with Gasteiger partial charge in [-0.1, -0.05) is 67.1 Å². The molecule has 0 fully saturated rings. The molecular formula is C54H88N14O11. The Kier molecular flexibility index (Phi) is 32.5. The summed E-state index contributed by atoms with van der Waals surface area (Å²) in [5.41, 5.74) is 30.1. The highest BCUT2D eigenvalue weighted by Gasteiger charge is 2.33. The normalized spacial score (nSPS) is 14.8. The van der Waals surface area contributed by atoms with Crippen LogP contribution >= 0.6 is 0 Å². The number of hydrogen-bond donors (Lipinski definition) is 15. The molecule has 20 N–H and O–H groups in total. The van der Waals surface area contributed by atoms with Gasteiger partial charge < -0.3 is 81.6 Å². The zero-order chi connectivity index (χ0) is 58.9. The number of nitrogens with one attached hydrogen (secondary N) is 9. The maximum absolute atomic E-state index is 13.7. The molecule has 2 aromatic rings. The molecule has 0 saturated heterocycles. The first kappa shape index (κ1) is 68.0. The molecule has 2 aromatic carbocycles. The van der Waals surface area contributed by atoms with E-state index in [-0.39, 0.29) is 38.6 Å². The van der Waals surface area contributed by atoms with Gasteiger partial charge in [-0.2, -0.15) is 0 Å². The van der Waals surface area contributed by atoms with E-state index in [0.29, 0.717) is 83.0 Å². The predicted molar refractivity (Wildman–Crippen MR) is 298 cm³/mol. The van der Waals surface area contributed by atoms with Crippen molar-refractivity contribution in [1.82, 2.24) is 47.9 Å². The first-order valence-corrected chi connectivity index (χ1v) is 27.3. The van der Waals surface area contributed by atoms with Crippen LogP contribution in [0, 0.1) is 0 Å². The number of amides is 9. The molecule has 9 amide bonds. The molecule has 0 saturated carbocycles. The molecule has 2 rings (SSSR count). The maximum Gasteiger partial charge on any atom is 0.326 e. The van der Waals surface area contributed by atoms with Gasteiger partial charge in [-0.25, -0.2) is 4.79 Å². The van der Waals surface area contributed by atoms with Crippen LogP contribution < -0.4 is 76.5 Å². The number of carboxylic acid groups (broad SMARTS) is 1. The number of benzene rings is 2. The lowest BCUT2D eigenvalue weighted by molar-refractivity contribution is -0.142. The summed E-state index contributed by atoms with van der Waals surface area (Å²) in [6, 6.07) is 5.83. The second-order valence-corrected chi connectivity index (χ2v) is 19.7. The summed E-state index contributed by atoms with van der Waals surface area (Å²) in [7, 11) is 0. The number of rotatable bonds is 39. The predicted octanol–water partition coefficient (Wildman–Crippen LogP) is -2.16. The third kappa shape index (κ3) is 26.4. The van der Waals surface area contributed by atoms with E-state index in [0.717, 1.165) is 5.56 Å². The van der Waals surface area contributed by atoms with Crippen molar-refractivity contribution in [1.29, 1.82) is 0 Å². The van der Waals surface area contributed by atoms with Crippen LogP contribution in [0.1, 0.15) is 116 Å². The van der Waals surface area contributed by atoms with E-state index < -0.39 is 120 Å². The van der Waals surface area contributed by atoms with Gasteiger partial charge in [-0.3, -0.25) is 43.2 Å². The van der Waals surface area contributed by atoms with Crippen LogP contribution in [0.5, 0.6) is 0 Å². The SMILES string of the molecule is C[C@H](NC(=O)[C@H](C)NC(=O)[C@H](CCCCN)NC(=O)[C@H](C)NC(=O)[C@H](Cc1ccccc1)NC(=O)[C@@H](N)CCCCN)C(=O)N[C@@H](CCCCN)C(=O)N[C@@H](C)C(=O)N[C@@H](Cc1ccccc1)C(=O)N[C@@H](CCCCN)C(=O)O. The van der Waals surface area contributed by atoms with Crippen LogP contribution in [-0.4, -0.2) is 151 Å². The Bertz CT molecular complexity index is 2250. The Morgan fingerprint density at radius 1 is 0.354 bits per heavy atom. The minimum absolute atomic E-state index is 0.00151. The third-order valence-electron chi connectivity index (χ3n) is 12.9. The zero-order valence-corrected chi connectivity index (χ0v) is 46.2. The molecule has 0 aliphatic rings. The quantitative estimate of drug-likeness (QED) is 0.0317. The van der Waals surface area contributed by atoms with Gasteiger partial charge in [0.05, 0.1) is 6.04 Å². The monoisotopic (exact) mass is 1110 g/mol. The van der Waals surface area contributed by atoms with Gasteiger partial charge in [0.25, 0.3) is 0 Å². The molecule has 440 valence electrons.